The van der Waals surface area contributed by atoms with Crippen molar-refractivity contribution in [1.29, 1.82) is 0 Å². The van der Waals surface area contributed by atoms with Crippen LogP contribution in [-0.4, -0.2) is 35.5 Å². The Bertz CT molecular complexity index is 495. The van der Waals surface area contributed by atoms with Crippen LogP contribution < -0.4 is 0 Å². The van der Waals surface area contributed by atoms with E-state index in [4.69, 9.17) is 9.47 Å². The van der Waals surface area contributed by atoms with Gasteiger partial charge in [-0.25, -0.2) is 4.39 Å². The molecule has 1 aromatic rings. The Labute approximate surface area is 116 Å². The van der Waals surface area contributed by atoms with Gasteiger partial charge in [0, 0.05) is 18.4 Å². The average Bonchev–Trinajstić information content (AvgIpc) is 2.92. The van der Waals surface area contributed by atoms with Gasteiger partial charge in [-0.15, -0.1) is 0 Å². The zero-order valence-corrected chi connectivity index (χ0v) is 11.1. The maximum atomic E-state index is 12.9. The first-order valence-electron chi connectivity index (χ1n) is 6.84. The number of benzene rings is 1. The van der Waals surface area contributed by atoms with Gasteiger partial charge >= 0.3 is 0 Å². The number of ether oxygens (including phenoxy) is 2. The van der Waals surface area contributed by atoms with E-state index in [1.165, 1.54) is 24.3 Å². The molecule has 1 heterocycles. The number of Topliss-reactive ketones (excluding diaryl/α,β-unsaturated/α-hetero) is 1. The number of hydrogen-bond acceptors (Lipinski definition) is 4. The molecule has 20 heavy (non-hydrogen) atoms. The van der Waals surface area contributed by atoms with E-state index < -0.39 is 17.2 Å². The fourth-order valence-electron chi connectivity index (χ4n) is 2.93. The highest BCUT2D eigenvalue weighted by molar-refractivity contribution is 6.02. The monoisotopic (exact) mass is 280 g/mol. The Hall–Kier alpha value is -1.30. The Morgan fingerprint density at radius 3 is 2.15 bits per heavy atom. The predicted molar refractivity (Wildman–Crippen MR) is 68.8 cm³/mol. The van der Waals surface area contributed by atoms with Crippen molar-refractivity contribution >= 4 is 5.78 Å². The van der Waals surface area contributed by atoms with Crippen LogP contribution >= 0.6 is 0 Å². The maximum Gasteiger partial charge on any atom is 0.194 e. The molecule has 0 unspecified atom stereocenters. The second kappa shape index (κ2) is 4.91. The van der Waals surface area contributed by atoms with Gasteiger partial charge in [-0.1, -0.05) is 0 Å². The Kier molecular flexibility index (Phi) is 3.36. The Balaban J connectivity index is 1.73. The zero-order chi connectivity index (χ0) is 14.2. The minimum Gasteiger partial charge on any atom is -0.382 e. The first-order valence-corrected chi connectivity index (χ1v) is 6.84. The lowest BCUT2D eigenvalue weighted by atomic mass is 9.77. The lowest BCUT2D eigenvalue weighted by Crippen LogP contribution is -2.48. The normalized spacial score (nSPS) is 23.9. The SMILES string of the molecule is O=C(c1ccc(F)cc1)C1(O)CCC2(CC1)OCCO2. The van der Waals surface area contributed by atoms with Crippen LogP contribution in [-0.2, 0) is 9.47 Å². The topological polar surface area (TPSA) is 55.8 Å². The van der Waals surface area contributed by atoms with Crippen molar-refractivity contribution in [2.75, 3.05) is 13.2 Å². The van der Waals surface area contributed by atoms with Crippen molar-refractivity contribution in [1.82, 2.24) is 0 Å². The van der Waals surface area contributed by atoms with E-state index in [0.29, 0.717) is 44.5 Å². The minimum absolute atomic E-state index is 0.295. The first-order chi connectivity index (χ1) is 9.53. The summed E-state index contributed by atoms with van der Waals surface area (Å²) < 4.78 is 24.0. The lowest BCUT2D eigenvalue weighted by Gasteiger charge is -2.39. The molecule has 1 saturated carbocycles. The van der Waals surface area contributed by atoms with E-state index in [1.807, 2.05) is 0 Å². The van der Waals surface area contributed by atoms with Crippen molar-refractivity contribution in [3.8, 4) is 0 Å². The zero-order valence-electron chi connectivity index (χ0n) is 11.1. The first kappa shape index (κ1) is 13.7. The molecule has 1 spiro atoms. The molecular weight excluding hydrogens is 263 g/mol. The molecule has 0 aromatic heterocycles. The van der Waals surface area contributed by atoms with Crippen LogP contribution in [0.5, 0.6) is 0 Å². The standard InChI is InChI=1S/C15H17FO4/c16-12-3-1-11(2-4-12)13(17)14(18)5-7-15(8-6-14)19-9-10-20-15/h1-4,18H,5-10H2. The molecule has 1 aliphatic carbocycles. The van der Waals surface area contributed by atoms with Crippen molar-refractivity contribution in [3.05, 3.63) is 35.6 Å². The van der Waals surface area contributed by atoms with Crippen molar-refractivity contribution < 1.29 is 23.8 Å². The molecular formula is C15H17FO4. The average molecular weight is 280 g/mol. The molecule has 0 atom stereocenters. The molecule has 5 heteroatoms. The van der Waals surface area contributed by atoms with Crippen molar-refractivity contribution in [3.63, 3.8) is 0 Å². The maximum absolute atomic E-state index is 12.9. The van der Waals surface area contributed by atoms with Gasteiger partial charge < -0.3 is 14.6 Å². The summed E-state index contributed by atoms with van der Waals surface area (Å²) in [6.07, 6.45) is 1.58. The number of rotatable bonds is 2. The van der Waals surface area contributed by atoms with Crippen LogP contribution in [0.15, 0.2) is 24.3 Å². The highest BCUT2D eigenvalue weighted by Crippen LogP contribution is 2.41. The van der Waals surface area contributed by atoms with E-state index >= 15 is 0 Å². The second-order valence-corrected chi connectivity index (χ2v) is 5.48. The molecule has 1 N–H and O–H groups in total. The number of aliphatic hydroxyl groups is 1. The third-order valence-electron chi connectivity index (χ3n) is 4.18. The van der Waals surface area contributed by atoms with Crippen molar-refractivity contribution in [2.24, 2.45) is 0 Å². The van der Waals surface area contributed by atoms with Crippen molar-refractivity contribution in [2.45, 2.75) is 37.1 Å². The quantitative estimate of drug-likeness (QED) is 0.842. The summed E-state index contributed by atoms with van der Waals surface area (Å²) in [5.41, 5.74) is -1.07. The number of carbonyl (C=O) groups is 1. The highest BCUT2D eigenvalue weighted by atomic mass is 19.1. The summed E-state index contributed by atoms with van der Waals surface area (Å²) in [7, 11) is 0. The molecule has 1 aromatic carbocycles. The number of ketones is 1. The summed E-state index contributed by atoms with van der Waals surface area (Å²) >= 11 is 0. The highest BCUT2D eigenvalue weighted by Gasteiger charge is 2.48. The Morgan fingerprint density at radius 2 is 1.60 bits per heavy atom. The molecule has 0 bridgehead atoms. The molecule has 108 valence electrons. The molecule has 2 fully saturated rings. The van der Waals surface area contributed by atoms with Gasteiger partial charge in [-0.05, 0) is 37.1 Å². The van der Waals surface area contributed by atoms with E-state index in [9.17, 15) is 14.3 Å². The van der Waals surface area contributed by atoms with Gasteiger partial charge in [0.25, 0.3) is 0 Å². The summed E-state index contributed by atoms with van der Waals surface area (Å²) in [5.74, 6) is -1.37. The summed E-state index contributed by atoms with van der Waals surface area (Å²) in [6, 6.07) is 5.26. The predicted octanol–water partition coefficient (Wildman–Crippen LogP) is 2.06. The van der Waals surface area contributed by atoms with Gasteiger partial charge in [0.2, 0.25) is 0 Å². The van der Waals surface area contributed by atoms with Crippen LogP contribution in [0, 0.1) is 5.82 Å². The van der Waals surface area contributed by atoms with Gasteiger partial charge in [0.05, 0.1) is 13.2 Å². The number of carbonyl (C=O) groups excluding carboxylic acids is 1. The minimum atomic E-state index is -1.40. The summed E-state index contributed by atoms with van der Waals surface area (Å²) in [6.45, 7) is 1.12. The molecule has 1 aliphatic heterocycles. The fourth-order valence-corrected chi connectivity index (χ4v) is 2.93. The van der Waals surface area contributed by atoms with Gasteiger partial charge in [-0.3, -0.25) is 4.79 Å². The van der Waals surface area contributed by atoms with E-state index in [1.54, 1.807) is 0 Å². The van der Waals surface area contributed by atoms with Crippen LogP contribution in [0.1, 0.15) is 36.0 Å². The van der Waals surface area contributed by atoms with E-state index in [0.717, 1.165) is 0 Å². The molecule has 0 radical (unpaired) electrons. The third kappa shape index (κ3) is 2.37. The fraction of sp³-hybridized carbons (Fsp3) is 0.533. The molecule has 3 rings (SSSR count). The van der Waals surface area contributed by atoms with Crippen LogP contribution in [0.2, 0.25) is 0 Å². The molecule has 4 nitrogen and oxygen atoms in total. The summed E-state index contributed by atoms with van der Waals surface area (Å²) in [5, 5.41) is 10.6. The molecule has 0 amide bonds. The van der Waals surface area contributed by atoms with Crippen LogP contribution in [0.4, 0.5) is 4.39 Å². The molecule has 1 saturated heterocycles. The van der Waals surface area contributed by atoms with Crippen LogP contribution in [0.3, 0.4) is 0 Å². The van der Waals surface area contributed by atoms with E-state index in [-0.39, 0.29) is 5.78 Å². The van der Waals surface area contributed by atoms with Crippen LogP contribution in [0.25, 0.3) is 0 Å². The smallest absolute Gasteiger partial charge is 0.194 e. The molecule has 2 aliphatic rings. The number of halogens is 1. The second-order valence-electron chi connectivity index (χ2n) is 5.48. The third-order valence-corrected chi connectivity index (χ3v) is 4.18. The van der Waals surface area contributed by atoms with E-state index in [2.05, 4.69) is 0 Å². The number of hydrogen-bond donors (Lipinski definition) is 1. The largest absolute Gasteiger partial charge is 0.382 e. The summed E-state index contributed by atoms with van der Waals surface area (Å²) in [4.78, 5) is 12.4. The van der Waals surface area contributed by atoms with Gasteiger partial charge in [0.1, 0.15) is 11.4 Å². The lowest BCUT2D eigenvalue weighted by molar-refractivity contribution is -0.195. The van der Waals surface area contributed by atoms with Gasteiger partial charge in [0.15, 0.2) is 11.6 Å². The Morgan fingerprint density at radius 1 is 1.05 bits per heavy atom. The van der Waals surface area contributed by atoms with Gasteiger partial charge in [-0.2, -0.15) is 0 Å².